The third-order valence-electron chi connectivity index (χ3n) is 4.01. The summed E-state index contributed by atoms with van der Waals surface area (Å²) in [6.07, 6.45) is 9.52. The van der Waals surface area contributed by atoms with Crippen LogP contribution in [0.2, 0.25) is 0 Å². The molecular weight excluding hydrogens is 108 g/mol. The van der Waals surface area contributed by atoms with E-state index in [-0.39, 0.29) is 0 Å². The zero-order valence-corrected chi connectivity index (χ0v) is 5.90. The summed E-state index contributed by atoms with van der Waals surface area (Å²) in [5.74, 6) is 2.42. The van der Waals surface area contributed by atoms with E-state index in [1.807, 2.05) is 0 Å². The molecule has 0 bridgehead atoms. The van der Waals surface area contributed by atoms with Gasteiger partial charge in [0.25, 0.3) is 0 Å². The fourth-order valence-corrected chi connectivity index (χ4v) is 3.34. The summed E-state index contributed by atoms with van der Waals surface area (Å²) in [5, 5.41) is 0. The highest BCUT2D eigenvalue weighted by Crippen LogP contribution is 2.71. The Morgan fingerprint density at radius 1 is 1.11 bits per heavy atom. The van der Waals surface area contributed by atoms with Crippen LogP contribution in [0.25, 0.3) is 0 Å². The molecule has 3 rings (SSSR count). The number of fused-ring (bicyclic) bond motifs is 2. The van der Waals surface area contributed by atoms with Crippen LogP contribution in [0, 0.1) is 17.3 Å². The molecule has 0 radical (unpaired) electrons. The van der Waals surface area contributed by atoms with Crippen molar-refractivity contribution in [2.75, 3.05) is 0 Å². The van der Waals surface area contributed by atoms with E-state index < -0.39 is 0 Å². The van der Waals surface area contributed by atoms with Gasteiger partial charge in [0.05, 0.1) is 0 Å². The first-order chi connectivity index (χ1) is 4.41. The summed E-state index contributed by atoms with van der Waals surface area (Å²) in [6.45, 7) is 0. The molecule has 0 aromatic carbocycles. The van der Waals surface area contributed by atoms with E-state index in [9.17, 15) is 0 Å². The third kappa shape index (κ3) is 0.426. The van der Waals surface area contributed by atoms with Crippen LogP contribution >= 0.6 is 0 Å². The monoisotopic (exact) mass is 122 g/mol. The van der Waals surface area contributed by atoms with E-state index in [0.717, 1.165) is 5.41 Å². The standard InChI is InChI=1S/C9H14/c1-2-7-6-9(4-5-9)8(7)3-1/h7-8H,1-6H2/t7?,8-/m0/s1. The molecule has 50 valence electrons. The summed E-state index contributed by atoms with van der Waals surface area (Å²) in [6, 6.07) is 0. The van der Waals surface area contributed by atoms with Crippen LogP contribution in [-0.4, -0.2) is 0 Å². The summed E-state index contributed by atoms with van der Waals surface area (Å²) in [5.41, 5.74) is 0.973. The first kappa shape index (κ1) is 4.76. The largest absolute Gasteiger partial charge is 0.0527 e. The second-order valence-corrected chi connectivity index (χ2v) is 4.36. The molecule has 1 spiro atoms. The summed E-state index contributed by atoms with van der Waals surface area (Å²) >= 11 is 0. The summed E-state index contributed by atoms with van der Waals surface area (Å²) in [4.78, 5) is 0. The Morgan fingerprint density at radius 3 is 2.67 bits per heavy atom. The maximum atomic E-state index is 1.62. The first-order valence-corrected chi connectivity index (χ1v) is 4.41. The number of hydrogen-bond donors (Lipinski definition) is 0. The van der Waals surface area contributed by atoms with Gasteiger partial charge in [-0.1, -0.05) is 12.8 Å². The predicted octanol–water partition coefficient (Wildman–Crippen LogP) is 2.59. The third-order valence-corrected chi connectivity index (χ3v) is 4.01. The normalized spacial score (nSPS) is 50.7. The Labute approximate surface area is 56.6 Å². The van der Waals surface area contributed by atoms with Crippen molar-refractivity contribution in [2.24, 2.45) is 17.3 Å². The minimum Gasteiger partial charge on any atom is -0.0527 e. The Kier molecular flexibility index (Phi) is 0.640. The van der Waals surface area contributed by atoms with Gasteiger partial charge in [-0.15, -0.1) is 0 Å². The highest BCUT2D eigenvalue weighted by Gasteiger charge is 2.61. The van der Waals surface area contributed by atoms with Gasteiger partial charge in [0, 0.05) is 0 Å². The molecule has 2 atom stereocenters. The van der Waals surface area contributed by atoms with Crippen LogP contribution in [0.5, 0.6) is 0 Å². The zero-order chi connectivity index (χ0) is 5.90. The van der Waals surface area contributed by atoms with Crippen molar-refractivity contribution in [3.05, 3.63) is 0 Å². The first-order valence-electron chi connectivity index (χ1n) is 4.41. The van der Waals surface area contributed by atoms with Gasteiger partial charge in [-0.3, -0.25) is 0 Å². The minimum atomic E-state index is 0.973. The molecule has 0 aromatic heterocycles. The van der Waals surface area contributed by atoms with Crippen LogP contribution < -0.4 is 0 Å². The Balaban J connectivity index is 1.87. The number of rotatable bonds is 0. The van der Waals surface area contributed by atoms with Crippen molar-refractivity contribution < 1.29 is 0 Å². The van der Waals surface area contributed by atoms with Crippen molar-refractivity contribution in [3.8, 4) is 0 Å². The Bertz CT molecular complexity index is 144. The van der Waals surface area contributed by atoms with Gasteiger partial charge in [-0.2, -0.15) is 0 Å². The topological polar surface area (TPSA) is 0 Å². The average Bonchev–Trinajstić information content (AvgIpc) is 2.54. The Hall–Kier alpha value is 0. The van der Waals surface area contributed by atoms with Gasteiger partial charge in [0.15, 0.2) is 0 Å². The van der Waals surface area contributed by atoms with Gasteiger partial charge in [-0.05, 0) is 42.9 Å². The maximum Gasteiger partial charge on any atom is -0.0263 e. The smallest absolute Gasteiger partial charge is 0.0263 e. The fraction of sp³-hybridized carbons (Fsp3) is 1.00. The molecule has 3 aliphatic carbocycles. The van der Waals surface area contributed by atoms with Crippen molar-refractivity contribution in [2.45, 2.75) is 38.5 Å². The van der Waals surface area contributed by atoms with E-state index in [1.165, 1.54) is 11.8 Å². The lowest BCUT2D eigenvalue weighted by molar-refractivity contribution is 0.0786. The minimum absolute atomic E-state index is 0.973. The molecule has 3 aliphatic rings. The van der Waals surface area contributed by atoms with Crippen LogP contribution in [0.15, 0.2) is 0 Å². The molecule has 0 aliphatic heterocycles. The maximum absolute atomic E-state index is 1.62. The molecule has 0 amide bonds. The van der Waals surface area contributed by atoms with Crippen molar-refractivity contribution in [1.82, 2.24) is 0 Å². The van der Waals surface area contributed by atoms with Crippen molar-refractivity contribution >= 4 is 0 Å². The molecule has 0 aromatic rings. The number of hydrogen-bond acceptors (Lipinski definition) is 0. The Morgan fingerprint density at radius 2 is 2.00 bits per heavy atom. The molecule has 3 fully saturated rings. The van der Waals surface area contributed by atoms with Gasteiger partial charge < -0.3 is 0 Å². The van der Waals surface area contributed by atoms with Crippen molar-refractivity contribution in [1.29, 1.82) is 0 Å². The van der Waals surface area contributed by atoms with Gasteiger partial charge in [0.1, 0.15) is 0 Å². The SMILES string of the molecule is C1CC2CC3(CC3)[C@H]2C1. The molecule has 0 heterocycles. The van der Waals surface area contributed by atoms with Gasteiger partial charge in [0.2, 0.25) is 0 Å². The van der Waals surface area contributed by atoms with Crippen LogP contribution in [0.4, 0.5) is 0 Å². The lowest BCUT2D eigenvalue weighted by atomic mass is 9.64. The van der Waals surface area contributed by atoms with Crippen LogP contribution in [0.1, 0.15) is 38.5 Å². The van der Waals surface area contributed by atoms with E-state index in [4.69, 9.17) is 0 Å². The molecule has 9 heavy (non-hydrogen) atoms. The molecule has 0 saturated heterocycles. The molecule has 3 saturated carbocycles. The predicted molar refractivity (Wildman–Crippen MR) is 37.1 cm³/mol. The van der Waals surface area contributed by atoms with E-state index in [1.54, 1.807) is 38.5 Å². The van der Waals surface area contributed by atoms with Crippen LogP contribution in [0.3, 0.4) is 0 Å². The second-order valence-electron chi connectivity index (χ2n) is 4.36. The molecule has 1 unspecified atom stereocenters. The summed E-state index contributed by atoms with van der Waals surface area (Å²) < 4.78 is 0. The lowest BCUT2D eigenvalue weighted by Crippen LogP contribution is -2.33. The molecule has 0 nitrogen and oxygen atoms in total. The van der Waals surface area contributed by atoms with E-state index in [0.29, 0.717) is 0 Å². The van der Waals surface area contributed by atoms with Crippen LogP contribution in [-0.2, 0) is 0 Å². The molecular formula is C9H14. The van der Waals surface area contributed by atoms with Gasteiger partial charge in [-0.25, -0.2) is 0 Å². The highest BCUT2D eigenvalue weighted by atomic mass is 14.7. The second kappa shape index (κ2) is 1.21. The molecule has 0 heteroatoms. The fourth-order valence-electron chi connectivity index (χ4n) is 3.34. The van der Waals surface area contributed by atoms with Crippen molar-refractivity contribution in [3.63, 3.8) is 0 Å². The van der Waals surface area contributed by atoms with E-state index in [2.05, 4.69) is 0 Å². The van der Waals surface area contributed by atoms with E-state index >= 15 is 0 Å². The lowest BCUT2D eigenvalue weighted by Gasteiger charge is -2.41. The zero-order valence-electron chi connectivity index (χ0n) is 5.90. The van der Waals surface area contributed by atoms with Gasteiger partial charge >= 0.3 is 0 Å². The quantitative estimate of drug-likeness (QED) is 0.463. The average molecular weight is 122 g/mol. The highest BCUT2D eigenvalue weighted by molar-refractivity contribution is 5.11. The summed E-state index contributed by atoms with van der Waals surface area (Å²) in [7, 11) is 0. The molecule has 0 N–H and O–H groups in total.